The highest BCUT2D eigenvalue weighted by Gasteiger charge is 2.19. The van der Waals surface area contributed by atoms with Crippen LogP contribution in [0.3, 0.4) is 0 Å². The van der Waals surface area contributed by atoms with Crippen LogP contribution in [0.2, 0.25) is 0 Å². The molecule has 0 aliphatic rings. The highest BCUT2D eigenvalue weighted by atomic mass is 79.9. The maximum Gasteiger partial charge on any atom is 0.424 e. The van der Waals surface area contributed by atoms with Gasteiger partial charge in [0, 0.05) is 11.9 Å². The van der Waals surface area contributed by atoms with Crippen molar-refractivity contribution in [1.82, 2.24) is 5.01 Å². The molecule has 0 spiro atoms. The number of hydrogen-bond acceptors (Lipinski definition) is 3. The maximum atomic E-state index is 11.4. The number of hydrazine groups is 1. The van der Waals surface area contributed by atoms with Gasteiger partial charge in [-0.1, -0.05) is 22.4 Å². The van der Waals surface area contributed by atoms with Crippen molar-refractivity contribution in [3.8, 4) is 0 Å². The van der Waals surface area contributed by atoms with Crippen LogP contribution in [0.4, 0.5) is 4.79 Å². The first-order valence-corrected chi connectivity index (χ1v) is 6.30. The summed E-state index contributed by atoms with van der Waals surface area (Å²) in [5.74, 6) is 5.55. The zero-order valence-corrected chi connectivity index (χ0v) is 11.3. The zero-order valence-electron chi connectivity index (χ0n) is 9.75. The summed E-state index contributed by atoms with van der Waals surface area (Å²) < 4.78 is 5.11. The van der Waals surface area contributed by atoms with Gasteiger partial charge in [0.1, 0.15) is 5.60 Å². The number of amides is 1. The number of rotatable bonds is 5. The first-order valence-electron chi connectivity index (χ1n) is 5.18. The van der Waals surface area contributed by atoms with Crippen molar-refractivity contribution in [2.24, 2.45) is 5.84 Å². The van der Waals surface area contributed by atoms with Crippen molar-refractivity contribution < 1.29 is 9.53 Å². The molecule has 0 rings (SSSR count). The van der Waals surface area contributed by atoms with E-state index >= 15 is 0 Å². The summed E-state index contributed by atoms with van der Waals surface area (Å²) in [4.78, 5) is 11.4. The van der Waals surface area contributed by atoms with E-state index in [2.05, 4.69) is 15.9 Å². The largest absolute Gasteiger partial charge is 0.443 e. The van der Waals surface area contributed by atoms with E-state index in [1.54, 1.807) is 0 Å². The lowest BCUT2D eigenvalue weighted by atomic mass is 10.2. The van der Waals surface area contributed by atoms with Crippen molar-refractivity contribution in [2.75, 3.05) is 11.9 Å². The van der Waals surface area contributed by atoms with Gasteiger partial charge in [-0.2, -0.15) is 0 Å². The third kappa shape index (κ3) is 8.69. The second-order valence-electron chi connectivity index (χ2n) is 4.42. The highest BCUT2D eigenvalue weighted by molar-refractivity contribution is 9.09. The predicted molar refractivity (Wildman–Crippen MR) is 64.8 cm³/mol. The molecule has 0 fully saturated rings. The predicted octanol–water partition coefficient (Wildman–Crippen LogP) is 2.66. The molecular weight excluding hydrogens is 260 g/mol. The Morgan fingerprint density at radius 2 is 1.93 bits per heavy atom. The van der Waals surface area contributed by atoms with E-state index in [9.17, 15) is 4.79 Å². The van der Waals surface area contributed by atoms with Crippen molar-refractivity contribution in [3.63, 3.8) is 0 Å². The number of carbonyl (C=O) groups excluding carboxylic acids is 1. The molecule has 0 radical (unpaired) electrons. The van der Waals surface area contributed by atoms with Crippen LogP contribution in [0.1, 0.15) is 40.0 Å². The molecule has 0 bridgehead atoms. The van der Waals surface area contributed by atoms with Crippen molar-refractivity contribution in [3.05, 3.63) is 0 Å². The minimum Gasteiger partial charge on any atom is -0.443 e. The molecule has 15 heavy (non-hydrogen) atoms. The fourth-order valence-electron chi connectivity index (χ4n) is 0.965. The first-order chi connectivity index (χ1) is 6.87. The van der Waals surface area contributed by atoms with Crippen LogP contribution >= 0.6 is 15.9 Å². The maximum absolute atomic E-state index is 11.4. The number of hydrogen-bond donors (Lipinski definition) is 1. The lowest BCUT2D eigenvalue weighted by Gasteiger charge is -2.24. The van der Waals surface area contributed by atoms with E-state index in [0.29, 0.717) is 6.54 Å². The van der Waals surface area contributed by atoms with Crippen LogP contribution in [0.15, 0.2) is 0 Å². The average Bonchev–Trinajstić information content (AvgIpc) is 2.09. The van der Waals surface area contributed by atoms with E-state index in [1.807, 2.05) is 20.8 Å². The SMILES string of the molecule is CC(C)(C)OC(=O)N(N)CCCCCBr. The van der Waals surface area contributed by atoms with E-state index in [0.717, 1.165) is 29.6 Å². The number of unbranched alkanes of at least 4 members (excludes halogenated alkanes) is 2. The minimum atomic E-state index is -0.482. The van der Waals surface area contributed by atoms with Gasteiger partial charge in [0.25, 0.3) is 0 Å². The Labute approximate surface area is 100 Å². The summed E-state index contributed by atoms with van der Waals surface area (Å²) in [6.45, 7) is 6.01. The Morgan fingerprint density at radius 1 is 1.33 bits per heavy atom. The second-order valence-corrected chi connectivity index (χ2v) is 5.22. The molecule has 0 heterocycles. The van der Waals surface area contributed by atoms with Crippen molar-refractivity contribution in [1.29, 1.82) is 0 Å². The van der Waals surface area contributed by atoms with Gasteiger partial charge in [-0.05, 0) is 33.6 Å². The molecule has 0 saturated carbocycles. The highest BCUT2D eigenvalue weighted by Crippen LogP contribution is 2.09. The summed E-state index contributed by atoms with van der Waals surface area (Å²) >= 11 is 3.35. The number of nitrogens with zero attached hydrogens (tertiary/aromatic N) is 1. The number of carbonyl (C=O) groups is 1. The second kappa shape index (κ2) is 7.06. The molecule has 0 aromatic rings. The van der Waals surface area contributed by atoms with Gasteiger partial charge in [-0.15, -0.1) is 0 Å². The molecule has 2 N–H and O–H groups in total. The Morgan fingerprint density at radius 3 is 2.40 bits per heavy atom. The zero-order chi connectivity index (χ0) is 11.9. The first kappa shape index (κ1) is 14.7. The normalized spacial score (nSPS) is 11.3. The van der Waals surface area contributed by atoms with Gasteiger partial charge in [-0.3, -0.25) is 0 Å². The Hall–Kier alpha value is -0.290. The van der Waals surface area contributed by atoms with Gasteiger partial charge >= 0.3 is 6.09 Å². The van der Waals surface area contributed by atoms with Crippen LogP contribution in [0.25, 0.3) is 0 Å². The van der Waals surface area contributed by atoms with E-state index in [-0.39, 0.29) is 0 Å². The van der Waals surface area contributed by atoms with E-state index < -0.39 is 11.7 Å². The molecule has 90 valence electrons. The van der Waals surface area contributed by atoms with Crippen LogP contribution in [-0.4, -0.2) is 28.6 Å². The summed E-state index contributed by atoms with van der Waals surface area (Å²) in [5.41, 5.74) is -0.482. The fraction of sp³-hybridized carbons (Fsp3) is 0.900. The molecule has 1 amide bonds. The van der Waals surface area contributed by atoms with E-state index in [4.69, 9.17) is 10.6 Å². The number of halogens is 1. The van der Waals surface area contributed by atoms with Gasteiger partial charge in [0.2, 0.25) is 0 Å². The van der Waals surface area contributed by atoms with Gasteiger partial charge in [0.05, 0.1) is 0 Å². The summed E-state index contributed by atoms with van der Waals surface area (Å²) in [5, 5.41) is 2.13. The Balaban J connectivity index is 3.70. The number of ether oxygens (including phenoxy) is 1. The molecular formula is C10H21BrN2O2. The molecule has 0 saturated heterocycles. The molecule has 0 aliphatic carbocycles. The average molecular weight is 281 g/mol. The van der Waals surface area contributed by atoms with Crippen LogP contribution in [0.5, 0.6) is 0 Å². The molecule has 0 atom stereocenters. The summed E-state index contributed by atoms with van der Waals surface area (Å²) in [7, 11) is 0. The lowest BCUT2D eigenvalue weighted by Crippen LogP contribution is -2.42. The molecule has 4 nitrogen and oxygen atoms in total. The molecule has 0 unspecified atom stereocenters. The third-order valence-electron chi connectivity index (χ3n) is 1.66. The van der Waals surface area contributed by atoms with Crippen LogP contribution < -0.4 is 5.84 Å². The van der Waals surface area contributed by atoms with Crippen LogP contribution in [-0.2, 0) is 4.74 Å². The number of nitrogens with two attached hydrogens (primary N) is 1. The van der Waals surface area contributed by atoms with Gasteiger partial charge in [0.15, 0.2) is 0 Å². The smallest absolute Gasteiger partial charge is 0.424 e. The molecule has 5 heteroatoms. The van der Waals surface area contributed by atoms with Gasteiger partial charge in [-0.25, -0.2) is 15.6 Å². The summed E-state index contributed by atoms with van der Waals surface area (Å²) in [6.07, 6.45) is 2.60. The van der Waals surface area contributed by atoms with Crippen molar-refractivity contribution in [2.45, 2.75) is 45.6 Å². The standard InChI is InChI=1S/C10H21BrN2O2/c1-10(2,3)15-9(14)13(12)8-6-4-5-7-11/h4-8,12H2,1-3H3. The van der Waals surface area contributed by atoms with E-state index in [1.165, 1.54) is 0 Å². The lowest BCUT2D eigenvalue weighted by molar-refractivity contribution is 0.0245. The molecule has 0 aromatic heterocycles. The minimum absolute atomic E-state index is 0.457. The fourth-order valence-corrected chi connectivity index (χ4v) is 1.36. The molecule has 0 aliphatic heterocycles. The van der Waals surface area contributed by atoms with Gasteiger partial charge < -0.3 is 4.74 Å². The van der Waals surface area contributed by atoms with Crippen LogP contribution in [0, 0.1) is 0 Å². The quantitative estimate of drug-likeness (QED) is 0.277. The van der Waals surface area contributed by atoms with Crippen molar-refractivity contribution >= 4 is 22.0 Å². The number of alkyl halides is 1. The Kier molecular flexibility index (Phi) is 6.92. The topological polar surface area (TPSA) is 55.6 Å². The Bertz CT molecular complexity index is 192. The third-order valence-corrected chi connectivity index (χ3v) is 2.22. The molecule has 0 aromatic carbocycles. The monoisotopic (exact) mass is 280 g/mol. The summed E-state index contributed by atoms with van der Waals surface area (Å²) in [6, 6.07) is 0.